The number of rotatable bonds is 2. The smallest absolute Gasteiger partial charge is 0.258 e. The normalized spacial score (nSPS) is 35.1. The van der Waals surface area contributed by atoms with Crippen LogP contribution in [0, 0.1) is 22.7 Å². The predicted molar refractivity (Wildman–Crippen MR) is 86.4 cm³/mol. The first-order valence-corrected chi connectivity index (χ1v) is 8.68. The summed E-state index contributed by atoms with van der Waals surface area (Å²) in [6.07, 6.45) is 6.68. The molecule has 0 unspecified atom stereocenters. The van der Waals surface area contributed by atoms with Crippen LogP contribution in [0.1, 0.15) is 43.2 Å². The first kappa shape index (κ1) is 15.1. The van der Waals surface area contributed by atoms with Gasteiger partial charge < -0.3 is 9.47 Å². The van der Waals surface area contributed by atoms with E-state index in [1.165, 1.54) is 32.1 Å². The minimum atomic E-state index is -0.773. The molecule has 3 aliphatic heterocycles. The van der Waals surface area contributed by atoms with E-state index in [9.17, 15) is 0 Å². The van der Waals surface area contributed by atoms with Gasteiger partial charge in [-0.2, -0.15) is 5.26 Å². The highest BCUT2D eigenvalue weighted by molar-refractivity contribution is 5.33. The Hall–Kier alpha value is -1.41. The molecule has 1 aliphatic carbocycles. The van der Waals surface area contributed by atoms with Crippen molar-refractivity contribution >= 4 is 0 Å². The third-order valence-corrected chi connectivity index (χ3v) is 6.02. The van der Waals surface area contributed by atoms with E-state index < -0.39 is 5.91 Å². The Morgan fingerprint density at radius 3 is 2.30 bits per heavy atom. The van der Waals surface area contributed by atoms with Crippen molar-refractivity contribution in [3.05, 3.63) is 35.4 Å². The molecule has 4 fully saturated rings. The van der Waals surface area contributed by atoms with Gasteiger partial charge >= 0.3 is 0 Å². The molecule has 0 radical (unpaired) electrons. The Morgan fingerprint density at radius 2 is 1.74 bits per heavy atom. The number of nitriles is 1. The van der Waals surface area contributed by atoms with Gasteiger partial charge in [-0.15, -0.1) is 0 Å². The van der Waals surface area contributed by atoms with Gasteiger partial charge in [0.2, 0.25) is 0 Å². The van der Waals surface area contributed by atoms with Crippen LogP contribution in [0.15, 0.2) is 24.3 Å². The molecule has 4 aliphatic rings. The Labute approximate surface area is 138 Å². The predicted octanol–water partition coefficient (Wildman–Crippen LogP) is 3.23. The fourth-order valence-corrected chi connectivity index (χ4v) is 4.68. The lowest BCUT2D eigenvalue weighted by molar-refractivity contribution is -0.423. The Bertz CT molecular complexity index is 605. The fourth-order valence-electron chi connectivity index (χ4n) is 4.68. The number of fused-ring (bicyclic) bond motifs is 3. The van der Waals surface area contributed by atoms with E-state index >= 15 is 0 Å². The van der Waals surface area contributed by atoms with Gasteiger partial charge in [0.15, 0.2) is 0 Å². The molecule has 0 atom stereocenters. The molecule has 1 aromatic carbocycles. The lowest BCUT2D eigenvalue weighted by Gasteiger charge is -2.60. The summed E-state index contributed by atoms with van der Waals surface area (Å²) in [7, 11) is 2.09. The Balaban J connectivity index is 1.59. The summed E-state index contributed by atoms with van der Waals surface area (Å²) in [4.78, 5) is 2.22. The van der Waals surface area contributed by atoms with Crippen molar-refractivity contribution in [2.75, 3.05) is 26.8 Å². The molecular weight excluding hydrogens is 288 g/mol. The summed E-state index contributed by atoms with van der Waals surface area (Å²) in [5.74, 6) is -0.0531. The first-order valence-electron chi connectivity index (χ1n) is 8.68. The molecule has 23 heavy (non-hydrogen) atoms. The van der Waals surface area contributed by atoms with Gasteiger partial charge in [0.05, 0.1) is 24.8 Å². The Kier molecular flexibility index (Phi) is 3.68. The third kappa shape index (κ3) is 2.30. The highest BCUT2D eigenvalue weighted by Gasteiger charge is 2.58. The van der Waals surface area contributed by atoms with Crippen molar-refractivity contribution < 1.29 is 9.47 Å². The van der Waals surface area contributed by atoms with Crippen LogP contribution in [0.5, 0.6) is 0 Å². The van der Waals surface area contributed by atoms with Crippen LogP contribution in [-0.2, 0) is 15.4 Å². The maximum atomic E-state index is 8.98. The second kappa shape index (κ2) is 5.59. The van der Waals surface area contributed by atoms with E-state index in [-0.39, 0.29) is 5.41 Å². The summed E-state index contributed by atoms with van der Waals surface area (Å²) in [6.45, 7) is 2.59. The van der Waals surface area contributed by atoms with Crippen LogP contribution in [0.2, 0.25) is 0 Å². The second-order valence-corrected chi connectivity index (χ2v) is 7.40. The van der Waals surface area contributed by atoms with E-state index in [0.29, 0.717) is 5.56 Å². The van der Waals surface area contributed by atoms with E-state index in [1.807, 2.05) is 24.3 Å². The number of hydrogen-bond acceptors (Lipinski definition) is 4. The topological polar surface area (TPSA) is 45.5 Å². The van der Waals surface area contributed by atoms with Crippen molar-refractivity contribution in [3.8, 4) is 6.07 Å². The van der Waals surface area contributed by atoms with Gasteiger partial charge in [-0.25, -0.2) is 0 Å². The number of nitrogens with zero attached hydrogens (tertiary/aromatic N) is 2. The van der Waals surface area contributed by atoms with Crippen molar-refractivity contribution in [3.63, 3.8) is 0 Å². The van der Waals surface area contributed by atoms with Crippen molar-refractivity contribution in [2.45, 2.75) is 38.0 Å². The van der Waals surface area contributed by atoms with Gasteiger partial charge in [0.25, 0.3) is 5.91 Å². The third-order valence-electron chi connectivity index (χ3n) is 6.02. The zero-order chi connectivity index (χ0) is 15.9. The van der Waals surface area contributed by atoms with Gasteiger partial charge in [-0.1, -0.05) is 31.4 Å². The second-order valence-electron chi connectivity index (χ2n) is 7.40. The monoisotopic (exact) mass is 312 g/mol. The molecule has 0 spiro atoms. The molecule has 4 heteroatoms. The molecule has 5 rings (SSSR count). The fraction of sp³-hybridized carbons (Fsp3) is 0.632. The van der Waals surface area contributed by atoms with Crippen LogP contribution in [0.3, 0.4) is 0 Å². The largest absolute Gasteiger partial charge is 0.333 e. The average Bonchev–Trinajstić information content (AvgIpc) is 2.63. The average molecular weight is 312 g/mol. The number of benzene rings is 1. The van der Waals surface area contributed by atoms with Crippen molar-refractivity contribution in [1.29, 1.82) is 5.26 Å². The zero-order valence-corrected chi connectivity index (χ0v) is 13.8. The van der Waals surface area contributed by atoms with E-state index in [1.54, 1.807) is 0 Å². The number of hydrogen-bond donors (Lipinski definition) is 0. The van der Waals surface area contributed by atoms with Crippen molar-refractivity contribution in [1.82, 2.24) is 4.90 Å². The molecule has 1 aromatic rings. The lowest BCUT2D eigenvalue weighted by atomic mass is 9.67. The Morgan fingerprint density at radius 1 is 1.09 bits per heavy atom. The molecule has 0 N–H and O–H groups in total. The molecule has 4 nitrogen and oxygen atoms in total. The number of ether oxygens (including phenoxy) is 2. The summed E-state index contributed by atoms with van der Waals surface area (Å²) in [5.41, 5.74) is 1.80. The standard InChI is InChI=1S/C19H24N2O2/c1-21-12-18(16-5-3-2-4-6-16)13-22-19(21,23-14-18)17-9-7-15(11-20)8-10-17/h7-10,16H,2-6,12-14H2,1H3. The van der Waals surface area contributed by atoms with Crippen LogP contribution in [-0.4, -0.2) is 31.7 Å². The highest BCUT2D eigenvalue weighted by atomic mass is 16.7. The van der Waals surface area contributed by atoms with E-state index in [2.05, 4.69) is 18.0 Å². The molecule has 1 saturated carbocycles. The summed E-state index contributed by atoms with van der Waals surface area (Å²) in [6, 6.07) is 9.74. The summed E-state index contributed by atoms with van der Waals surface area (Å²) >= 11 is 0. The molecule has 3 saturated heterocycles. The molecule has 0 amide bonds. The van der Waals surface area contributed by atoms with Crippen LogP contribution in [0.25, 0.3) is 0 Å². The molecule has 0 aromatic heterocycles. The molecule has 2 bridgehead atoms. The van der Waals surface area contributed by atoms with Gasteiger partial charge in [0, 0.05) is 17.5 Å². The minimum Gasteiger partial charge on any atom is -0.333 e. The van der Waals surface area contributed by atoms with Crippen LogP contribution >= 0.6 is 0 Å². The summed E-state index contributed by atoms with van der Waals surface area (Å²) < 4.78 is 12.6. The summed E-state index contributed by atoms with van der Waals surface area (Å²) in [5, 5.41) is 8.98. The van der Waals surface area contributed by atoms with Gasteiger partial charge in [-0.05, 0) is 37.9 Å². The molecule has 3 heterocycles. The maximum absolute atomic E-state index is 8.98. The molecular formula is C19H24N2O2. The van der Waals surface area contributed by atoms with Crippen molar-refractivity contribution in [2.24, 2.45) is 11.3 Å². The van der Waals surface area contributed by atoms with Gasteiger partial charge in [0.1, 0.15) is 0 Å². The SMILES string of the molecule is CN1CC2(C3CCCCC3)COC1(c1ccc(C#N)cc1)OC2. The molecule has 122 valence electrons. The maximum Gasteiger partial charge on any atom is 0.258 e. The zero-order valence-electron chi connectivity index (χ0n) is 13.8. The van der Waals surface area contributed by atoms with Gasteiger partial charge in [-0.3, -0.25) is 4.90 Å². The first-order chi connectivity index (χ1) is 11.2. The highest BCUT2D eigenvalue weighted by Crippen LogP contribution is 2.51. The lowest BCUT2D eigenvalue weighted by Crippen LogP contribution is -2.68. The van der Waals surface area contributed by atoms with Crippen LogP contribution in [0.4, 0.5) is 0 Å². The van der Waals surface area contributed by atoms with Crippen LogP contribution < -0.4 is 0 Å². The van der Waals surface area contributed by atoms with E-state index in [0.717, 1.165) is 31.2 Å². The quantitative estimate of drug-likeness (QED) is 0.841. The van der Waals surface area contributed by atoms with E-state index in [4.69, 9.17) is 14.7 Å². The minimum absolute atomic E-state index is 0.156.